The van der Waals surface area contributed by atoms with E-state index >= 15 is 0 Å². The molecule has 22 aromatic carbocycles. The van der Waals surface area contributed by atoms with Gasteiger partial charge in [-0.2, -0.15) is 0 Å². The molecule has 0 spiro atoms. The van der Waals surface area contributed by atoms with Crippen molar-refractivity contribution in [3.8, 4) is 89.0 Å². The van der Waals surface area contributed by atoms with E-state index < -0.39 is 0 Å². The van der Waals surface area contributed by atoms with Crippen LogP contribution in [0.4, 0.5) is 68.2 Å². The largest absolute Gasteiger partial charge is 0.311 e. The van der Waals surface area contributed by atoms with Gasteiger partial charge in [0.15, 0.2) is 0 Å². The molecule has 0 aliphatic rings. The average molecular weight is 1630 g/mol. The number of benzene rings is 22. The smallest absolute Gasteiger partial charge is 0.0540 e. The summed E-state index contributed by atoms with van der Waals surface area (Å²) in [4.78, 5) is 9.36. The van der Waals surface area contributed by atoms with Gasteiger partial charge in [-0.25, -0.2) is 0 Å². The fourth-order valence-electron chi connectivity index (χ4n) is 18.5. The van der Waals surface area contributed by atoms with Gasteiger partial charge in [0.25, 0.3) is 0 Å². The topological polar surface area (TPSA) is 13.0 Å². The molecule has 0 N–H and O–H groups in total. The molecule has 0 aliphatic heterocycles. The molecule has 604 valence electrons. The Morgan fingerprint density at radius 3 is 0.570 bits per heavy atom. The van der Waals surface area contributed by atoms with Gasteiger partial charge in [0, 0.05) is 68.1 Å². The van der Waals surface area contributed by atoms with Gasteiger partial charge in [-0.05, 0) is 266 Å². The van der Waals surface area contributed by atoms with Gasteiger partial charge >= 0.3 is 0 Å². The molecule has 0 aromatic heterocycles. The van der Waals surface area contributed by atoms with Crippen LogP contribution in [-0.2, 0) is 0 Å². The van der Waals surface area contributed by atoms with Gasteiger partial charge in [0.2, 0.25) is 0 Å². The van der Waals surface area contributed by atoms with Crippen LogP contribution in [0.2, 0.25) is 0 Å². The van der Waals surface area contributed by atoms with Gasteiger partial charge in [0.05, 0.1) is 5.69 Å². The van der Waals surface area contributed by atoms with Crippen molar-refractivity contribution >= 4 is 111 Å². The summed E-state index contributed by atoms with van der Waals surface area (Å²) in [5.41, 5.74) is 32.5. The normalized spacial score (nSPS) is 11.1. The Morgan fingerprint density at radius 2 is 0.281 bits per heavy atom. The van der Waals surface area contributed by atoms with Crippen LogP contribution >= 0.6 is 0 Å². The van der Waals surface area contributed by atoms with E-state index in [0.717, 1.165) is 90.5 Å². The van der Waals surface area contributed by atoms with Crippen molar-refractivity contribution in [2.24, 2.45) is 0 Å². The van der Waals surface area contributed by atoms with Crippen molar-refractivity contribution in [1.29, 1.82) is 0 Å². The van der Waals surface area contributed by atoms with Crippen LogP contribution in [0.25, 0.3) is 132 Å². The van der Waals surface area contributed by atoms with E-state index in [4.69, 9.17) is 0 Å². The molecule has 0 unspecified atom stereocenters. The molecular formula is C124H88N4. The number of fused-ring (bicyclic) bond motifs is 4. The molecule has 0 saturated carbocycles. The number of hydrogen-bond donors (Lipinski definition) is 0. The zero-order chi connectivity index (χ0) is 85.3. The quantitative estimate of drug-likeness (QED) is 0.0705. The van der Waals surface area contributed by atoms with E-state index in [2.05, 4.69) is 553 Å². The molecule has 22 rings (SSSR count). The van der Waals surface area contributed by atoms with Gasteiger partial charge in [-0.3, -0.25) is 0 Å². The predicted molar refractivity (Wildman–Crippen MR) is 545 cm³/mol. The first-order valence-corrected chi connectivity index (χ1v) is 43.9. The molecule has 0 aliphatic carbocycles. The number of para-hydroxylation sites is 5. The molecule has 4 heteroatoms. The summed E-state index contributed by atoms with van der Waals surface area (Å²) in [6.45, 7) is 0. The summed E-state index contributed by atoms with van der Waals surface area (Å²) >= 11 is 0. The lowest BCUT2D eigenvalue weighted by molar-refractivity contribution is 1.28. The van der Waals surface area contributed by atoms with Crippen molar-refractivity contribution < 1.29 is 0 Å². The van der Waals surface area contributed by atoms with Crippen molar-refractivity contribution in [3.63, 3.8) is 0 Å². The van der Waals surface area contributed by atoms with E-state index in [0.29, 0.717) is 0 Å². The molecule has 0 fully saturated rings. The first-order chi connectivity index (χ1) is 63.5. The third-order valence-electron chi connectivity index (χ3n) is 24.5. The summed E-state index contributed by atoms with van der Waals surface area (Å²) in [6, 6.07) is 192. The fraction of sp³-hybridized carbons (Fsp3) is 0. The van der Waals surface area contributed by atoms with Crippen LogP contribution in [0.1, 0.15) is 0 Å². The summed E-state index contributed by atoms with van der Waals surface area (Å²) in [7, 11) is 0. The Hall–Kier alpha value is -16.9. The second kappa shape index (κ2) is 35.9. The Bertz CT molecular complexity index is 7380. The number of anilines is 12. The van der Waals surface area contributed by atoms with Crippen molar-refractivity contribution in [1.82, 2.24) is 0 Å². The first-order valence-electron chi connectivity index (χ1n) is 43.9. The molecule has 0 heterocycles. The molecule has 4 nitrogen and oxygen atoms in total. The van der Waals surface area contributed by atoms with Crippen molar-refractivity contribution in [2.45, 2.75) is 0 Å². The molecular weight excluding hydrogens is 1550 g/mol. The highest BCUT2D eigenvalue weighted by molar-refractivity contribution is 6.23. The molecule has 0 saturated heterocycles. The molecule has 0 bridgehead atoms. The average Bonchev–Trinajstić information content (AvgIpc) is 0.725. The highest BCUT2D eigenvalue weighted by atomic mass is 15.2. The molecule has 128 heavy (non-hydrogen) atoms. The Kier molecular flexibility index (Phi) is 22.0. The minimum absolute atomic E-state index is 1.08. The Labute approximate surface area is 748 Å². The van der Waals surface area contributed by atoms with Crippen LogP contribution in [-0.4, -0.2) is 0 Å². The lowest BCUT2D eigenvalue weighted by atomic mass is 9.86. The lowest BCUT2D eigenvalue weighted by Gasteiger charge is -2.28. The summed E-state index contributed by atoms with van der Waals surface area (Å²) in [5.74, 6) is 0. The predicted octanol–water partition coefficient (Wildman–Crippen LogP) is 35.2. The monoisotopic (exact) mass is 1630 g/mol. The summed E-state index contributed by atoms with van der Waals surface area (Å²) in [5, 5.41) is 10.0. The van der Waals surface area contributed by atoms with Gasteiger partial charge in [-0.15, -0.1) is 0 Å². The minimum Gasteiger partial charge on any atom is -0.311 e. The van der Waals surface area contributed by atoms with Gasteiger partial charge in [-0.1, -0.05) is 394 Å². The van der Waals surface area contributed by atoms with E-state index in [1.165, 1.54) is 110 Å². The zero-order valence-corrected chi connectivity index (χ0v) is 70.6. The van der Waals surface area contributed by atoms with E-state index in [1.54, 1.807) is 0 Å². The number of hydrogen-bond acceptors (Lipinski definition) is 4. The molecule has 22 aromatic rings. The van der Waals surface area contributed by atoms with Gasteiger partial charge < -0.3 is 19.6 Å². The maximum absolute atomic E-state index is 2.39. The van der Waals surface area contributed by atoms with Crippen molar-refractivity contribution in [2.75, 3.05) is 19.6 Å². The number of nitrogens with zero attached hydrogens (tertiary/aromatic N) is 4. The first kappa shape index (κ1) is 78.3. The Balaban J connectivity index is 0.000000156. The molecule has 0 atom stereocenters. The highest BCUT2D eigenvalue weighted by Gasteiger charge is 2.24. The second-order valence-electron chi connectivity index (χ2n) is 32.2. The fourth-order valence-corrected chi connectivity index (χ4v) is 18.5. The Morgan fingerprint density at radius 1 is 0.102 bits per heavy atom. The third-order valence-corrected chi connectivity index (χ3v) is 24.5. The van der Waals surface area contributed by atoms with Crippen LogP contribution in [0.5, 0.6) is 0 Å². The lowest BCUT2D eigenvalue weighted by Crippen LogP contribution is -2.11. The third kappa shape index (κ3) is 15.8. The highest BCUT2D eigenvalue weighted by Crippen LogP contribution is 2.50. The summed E-state index contributed by atoms with van der Waals surface area (Å²) < 4.78 is 0. The van der Waals surface area contributed by atoms with E-state index in [-0.39, 0.29) is 0 Å². The summed E-state index contributed by atoms with van der Waals surface area (Å²) in [6.07, 6.45) is 0. The number of rotatable bonds is 20. The standard InChI is InChI=1S/2C62H44N2/c1-5-19-47(20-6-1)55-27-17-18-32-60(55)64(53-41-35-46(36-42-53)45-33-39-52(40-34-45)63(50-23-9-3-10-24-50)51-25-11-4-12-26-51)54-43-37-49(38-44-54)62-58-30-15-13-28-56(58)61(48-21-7-2-8-22-48)57-29-14-16-31-59(57)62;1-5-18-45(19-6-1)50-22-17-27-56(44-50)64(54-40-34-47(35-41-54)46-32-38-53(39-33-46)63(51-23-9-3-10-24-51)52-25-11-4-12-26-52)55-42-36-49(37-43-55)62-59-30-15-13-28-57(59)61(48-20-7-2-8-21-48)58-29-14-16-31-60(58)62/h2*1-44H. The van der Waals surface area contributed by atoms with E-state index in [9.17, 15) is 0 Å². The maximum Gasteiger partial charge on any atom is 0.0540 e. The minimum atomic E-state index is 1.08. The van der Waals surface area contributed by atoms with E-state index in [1.807, 2.05) is 0 Å². The van der Waals surface area contributed by atoms with Crippen LogP contribution in [0.3, 0.4) is 0 Å². The molecule has 0 radical (unpaired) electrons. The van der Waals surface area contributed by atoms with Gasteiger partial charge in [0.1, 0.15) is 0 Å². The molecule has 0 amide bonds. The maximum atomic E-state index is 2.39. The second-order valence-corrected chi connectivity index (χ2v) is 32.2. The van der Waals surface area contributed by atoms with Crippen LogP contribution in [0.15, 0.2) is 534 Å². The van der Waals surface area contributed by atoms with Crippen molar-refractivity contribution in [3.05, 3.63) is 534 Å². The SMILES string of the molecule is c1ccc(-c2cccc(N(c3ccc(-c4ccc(N(c5ccccc5)c5ccccc5)cc4)cc3)c3ccc(-c4c5ccccc5c(-c5ccccc5)c5ccccc45)cc3)c2)cc1.c1ccc(-c2ccccc2N(c2ccc(-c3ccc(N(c4ccccc4)c4ccccc4)cc3)cc2)c2ccc(-c3c4ccccc4c(-c4ccccc4)c4ccccc34)cc2)cc1. The van der Waals surface area contributed by atoms with Crippen LogP contribution in [0, 0.1) is 0 Å². The zero-order valence-electron chi connectivity index (χ0n) is 70.6. The van der Waals surface area contributed by atoms with Crippen LogP contribution < -0.4 is 19.6 Å².